The summed E-state index contributed by atoms with van der Waals surface area (Å²) in [4.78, 5) is 11.8. The van der Waals surface area contributed by atoms with Gasteiger partial charge in [0, 0.05) is 22.6 Å². The average Bonchev–Trinajstić information content (AvgIpc) is 3.00. The van der Waals surface area contributed by atoms with Crippen LogP contribution in [0, 0.1) is 6.92 Å². The molecule has 0 atom stereocenters. The van der Waals surface area contributed by atoms with E-state index in [4.69, 9.17) is 33.7 Å². The van der Waals surface area contributed by atoms with Crippen LogP contribution >= 0.6 is 23.2 Å². The van der Waals surface area contributed by atoms with Gasteiger partial charge in [-0.1, -0.05) is 23.2 Å². The number of ether oxygens (including phenoxy) is 1. The molecule has 1 heterocycles. The standard InChI is InChI=1S/C20H18Cl2FN3O2/c1-12-18(20(24)27)25-26(17-8-5-14(21)11-16(17)22)19(12)13-3-6-15(7-4-13)28-10-2-9-23/h3-8,11H,2,9-10H2,1H3,(H2,24,27). The molecule has 0 fully saturated rings. The van der Waals surface area contributed by atoms with Gasteiger partial charge in [0.1, 0.15) is 5.75 Å². The van der Waals surface area contributed by atoms with Crippen LogP contribution in [0.4, 0.5) is 4.39 Å². The molecule has 0 aliphatic carbocycles. The molecule has 2 aromatic carbocycles. The summed E-state index contributed by atoms with van der Waals surface area (Å²) in [6.45, 7) is 1.65. The van der Waals surface area contributed by atoms with Crippen LogP contribution in [0.3, 0.4) is 0 Å². The molecule has 28 heavy (non-hydrogen) atoms. The normalized spacial score (nSPS) is 10.9. The van der Waals surface area contributed by atoms with Crippen LogP contribution in [0.15, 0.2) is 42.5 Å². The summed E-state index contributed by atoms with van der Waals surface area (Å²) < 4.78 is 19.3. The van der Waals surface area contributed by atoms with Crippen molar-refractivity contribution in [1.29, 1.82) is 0 Å². The van der Waals surface area contributed by atoms with Gasteiger partial charge >= 0.3 is 0 Å². The van der Waals surface area contributed by atoms with Crippen LogP contribution in [0.2, 0.25) is 10.0 Å². The van der Waals surface area contributed by atoms with Crippen molar-refractivity contribution in [3.63, 3.8) is 0 Å². The second kappa shape index (κ2) is 8.63. The summed E-state index contributed by atoms with van der Waals surface area (Å²) in [6, 6.07) is 12.2. The second-order valence-corrected chi connectivity index (χ2v) is 6.95. The molecule has 0 saturated heterocycles. The number of primary amides is 1. The van der Waals surface area contributed by atoms with Crippen molar-refractivity contribution in [2.75, 3.05) is 13.3 Å². The lowest BCUT2D eigenvalue weighted by Gasteiger charge is -2.11. The Morgan fingerprint density at radius 1 is 1.21 bits per heavy atom. The number of alkyl halides is 1. The van der Waals surface area contributed by atoms with Gasteiger partial charge < -0.3 is 10.5 Å². The number of nitrogens with zero attached hydrogens (tertiary/aromatic N) is 2. The van der Waals surface area contributed by atoms with Gasteiger partial charge in [-0.25, -0.2) is 4.68 Å². The summed E-state index contributed by atoms with van der Waals surface area (Å²) in [5, 5.41) is 5.25. The first-order valence-electron chi connectivity index (χ1n) is 8.56. The fourth-order valence-electron chi connectivity index (χ4n) is 2.85. The molecule has 1 amide bonds. The van der Waals surface area contributed by atoms with E-state index in [1.54, 1.807) is 41.9 Å². The summed E-state index contributed by atoms with van der Waals surface area (Å²) in [5.41, 5.74) is 8.31. The molecule has 3 rings (SSSR count). The first kappa shape index (κ1) is 20.2. The molecule has 1 aromatic heterocycles. The second-order valence-electron chi connectivity index (χ2n) is 6.11. The van der Waals surface area contributed by atoms with Crippen LogP contribution in [-0.4, -0.2) is 29.0 Å². The van der Waals surface area contributed by atoms with Crippen LogP contribution < -0.4 is 10.5 Å². The van der Waals surface area contributed by atoms with E-state index in [9.17, 15) is 9.18 Å². The van der Waals surface area contributed by atoms with E-state index in [0.717, 1.165) is 5.56 Å². The molecule has 5 nitrogen and oxygen atoms in total. The lowest BCUT2D eigenvalue weighted by molar-refractivity contribution is 0.0994. The number of halogens is 3. The molecule has 0 saturated carbocycles. The molecule has 146 valence electrons. The minimum Gasteiger partial charge on any atom is -0.493 e. The topological polar surface area (TPSA) is 70.1 Å². The molecule has 0 unspecified atom stereocenters. The Hall–Kier alpha value is -2.57. The van der Waals surface area contributed by atoms with Gasteiger partial charge in [0.15, 0.2) is 5.69 Å². The Morgan fingerprint density at radius 2 is 1.93 bits per heavy atom. The largest absolute Gasteiger partial charge is 0.493 e. The van der Waals surface area contributed by atoms with E-state index in [0.29, 0.717) is 45.8 Å². The molecule has 2 N–H and O–H groups in total. The molecule has 3 aromatic rings. The van der Waals surface area contributed by atoms with E-state index in [2.05, 4.69) is 5.10 Å². The average molecular weight is 422 g/mol. The van der Waals surface area contributed by atoms with Gasteiger partial charge in [-0.15, -0.1) is 0 Å². The number of nitrogens with two attached hydrogens (primary N) is 1. The van der Waals surface area contributed by atoms with Crippen LogP contribution in [0.25, 0.3) is 16.9 Å². The Labute approximate surface area is 171 Å². The summed E-state index contributed by atoms with van der Waals surface area (Å²) in [5.74, 6) is -0.00525. The van der Waals surface area contributed by atoms with Crippen molar-refractivity contribution in [2.24, 2.45) is 5.73 Å². The minimum absolute atomic E-state index is 0.157. The maximum Gasteiger partial charge on any atom is 0.269 e. The van der Waals surface area contributed by atoms with Gasteiger partial charge in [0.05, 0.1) is 29.7 Å². The molecule has 0 radical (unpaired) electrons. The first-order valence-corrected chi connectivity index (χ1v) is 9.32. The maximum atomic E-state index is 12.2. The number of hydrogen-bond acceptors (Lipinski definition) is 3. The van der Waals surface area contributed by atoms with Crippen molar-refractivity contribution in [1.82, 2.24) is 9.78 Å². The summed E-state index contributed by atoms with van der Waals surface area (Å²) in [7, 11) is 0. The minimum atomic E-state index is -0.631. The predicted octanol–water partition coefficient (Wildman–Crippen LogP) is 4.99. The lowest BCUT2D eigenvalue weighted by Crippen LogP contribution is -2.13. The maximum absolute atomic E-state index is 12.2. The Balaban J connectivity index is 2.08. The Kier molecular flexibility index (Phi) is 6.21. The molecule has 0 bridgehead atoms. The molecule has 8 heteroatoms. The van der Waals surface area contributed by atoms with Crippen molar-refractivity contribution in [3.8, 4) is 22.7 Å². The number of carbonyl (C=O) groups is 1. The first-order chi connectivity index (χ1) is 13.4. The fourth-order valence-corrected chi connectivity index (χ4v) is 3.34. The van der Waals surface area contributed by atoms with Crippen molar-refractivity contribution < 1.29 is 13.9 Å². The third-order valence-corrected chi connectivity index (χ3v) is 4.71. The molecular formula is C20H18Cl2FN3O2. The Morgan fingerprint density at radius 3 is 2.54 bits per heavy atom. The Bertz CT molecular complexity index is 1000. The van der Waals surface area contributed by atoms with E-state index >= 15 is 0 Å². The highest BCUT2D eigenvalue weighted by molar-refractivity contribution is 6.35. The lowest BCUT2D eigenvalue weighted by atomic mass is 10.1. The zero-order valence-electron chi connectivity index (χ0n) is 15.1. The monoisotopic (exact) mass is 421 g/mol. The highest BCUT2D eigenvalue weighted by Crippen LogP contribution is 2.33. The molecular weight excluding hydrogens is 404 g/mol. The van der Waals surface area contributed by atoms with Gasteiger partial charge in [-0.3, -0.25) is 9.18 Å². The van der Waals surface area contributed by atoms with E-state index < -0.39 is 12.6 Å². The number of hydrogen-bond donors (Lipinski definition) is 1. The van der Waals surface area contributed by atoms with Crippen LogP contribution in [0.5, 0.6) is 5.75 Å². The number of carbonyl (C=O) groups excluding carboxylic acids is 1. The highest BCUT2D eigenvalue weighted by Gasteiger charge is 2.21. The van der Waals surface area contributed by atoms with Gasteiger partial charge in [-0.2, -0.15) is 5.10 Å². The molecule has 0 aliphatic heterocycles. The van der Waals surface area contributed by atoms with Crippen LogP contribution in [0.1, 0.15) is 22.5 Å². The van der Waals surface area contributed by atoms with Crippen molar-refractivity contribution >= 4 is 29.1 Å². The fraction of sp³-hybridized carbons (Fsp3) is 0.200. The van der Waals surface area contributed by atoms with Gasteiger partial charge in [0.25, 0.3) is 5.91 Å². The molecule has 0 aliphatic rings. The number of benzene rings is 2. The predicted molar refractivity (Wildman–Crippen MR) is 108 cm³/mol. The summed E-state index contributed by atoms with van der Waals surface area (Å²) in [6.07, 6.45) is 0.338. The zero-order chi connectivity index (χ0) is 20.3. The summed E-state index contributed by atoms with van der Waals surface area (Å²) >= 11 is 12.3. The quantitative estimate of drug-likeness (QED) is 0.546. The number of rotatable bonds is 7. The number of aromatic nitrogens is 2. The van der Waals surface area contributed by atoms with Crippen LogP contribution in [-0.2, 0) is 0 Å². The zero-order valence-corrected chi connectivity index (χ0v) is 16.6. The van der Waals surface area contributed by atoms with Gasteiger partial charge in [0.2, 0.25) is 0 Å². The number of amides is 1. The van der Waals surface area contributed by atoms with E-state index in [1.807, 2.05) is 12.1 Å². The molecule has 0 spiro atoms. The SMILES string of the molecule is Cc1c(C(N)=O)nn(-c2ccc(Cl)cc2Cl)c1-c1ccc(OCCCF)cc1. The third-order valence-electron chi connectivity index (χ3n) is 4.17. The smallest absolute Gasteiger partial charge is 0.269 e. The van der Waals surface area contributed by atoms with Crippen molar-refractivity contribution in [3.05, 3.63) is 63.8 Å². The highest BCUT2D eigenvalue weighted by atomic mass is 35.5. The van der Waals surface area contributed by atoms with Gasteiger partial charge in [-0.05, 0) is 49.4 Å². The third kappa shape index (κ3) is 4.13. The van der Waals surface area contributed by atoms with Crippen molar-refractivity contribution in [2.45, 2.75) is 13.3 Å². The van der Waals surface area contributed by atoms with E-state index in [-0.39, 0.29) is 5.69 Å². The van der Waals surface area contributed by atoms with E-state index in [1.165, 1.54) is 0 Å².